The second-order valence-electron chi connectivity index (χ2n) is 2.96. The normalized spacial score (nSPS) is 17.8. The zero-order valence-electron chi connectivity index (χ0n) is 13.3. The van der Waals surface area contributed by atoms with Crippen molar-refractivity contribution in [2.45, 2.75) is 19.3 Å². The van der Waals surface area contributed by atoms with Crippen LogP contribution in [0.1, 0.15) is 19.3 Å². The molecule has 2 N–H and O–H groups in total. The molecular weight excluding hydrogens is 233 g/mol. The van der Waals surface area contributed by atoms with Crippen LogP contribution >= 0.6 is 12.4 Å². The van der Waals surface area contributed by atoms with Gasteiger partial charge in [0.2, 0.25) is 0 Å². The van der Waals surface area contributed by atoms with Crippen molar-refractivity contribution < 1.29 is 20.8 Å². The third kappa shape index (κ3) is 4.59. The van der Waals surface area contributed by atoms with Gasteiger partial charge in [0.05, 0.1) is 9.30 Å². The lowest BCUT2D eigenvalue weighted by molar-refractivity contribution is -0.144. The van der Waals surface area contributed by atoms with Crippen LogP contribution in [0.3, 0.4) is 0 Å². The van der Waals surface area contributed by atoms with Gasteiger partial charge in [0.25, 0.3) is 0 Å². The van der Waals surface area contributed by atoms with Crippen LogP contribution in [-0.2, 0) is 16.0 Å². The second kappa shape index (κ2) is 7.19. The van der Waals surface area contributed by atoms with Gasteiger partial charge in [0.15, 0.2) is 0 Å². The highest BCUT2D eigenvalue weighted by Gasteiger charge is 2.14. The number of carbonyl (C=O) groups excluding carboxylic acids is 1. The quantitative estimate of drug-likeness (QED) is 0.830. The molecule has 1 atom stereocenters. The molecule has 1 rings (SSSR count). The van der Waals surface area contributed by atoms with Crippen LogP contribution in [0.2, 0.25) is 0 Å². The number of esters is 1. The van der Waals surface area contributed by atoms with Crippen LogP contribution in [0.15, 0.2) is 24.3 Å². The zero-order chi connectivity index (χ0) is 15.6. The maximum Gasteiger partial charge on any atom is 0.323 e. The number of hydrogen-bond acceptors (Lipinski definition) is 3. The molecule has 0 bridgehead atoms. The summed E-state index contributed by atoms with van der Waals surface area (Å²) in [6.07, 6.45) is -0.0177. The van der Waals surface area contributed by atoms with Gasteiger partial charge in [-0.1, -0.05) is 12.1 Å². The van der Waals surface area contributed by atoms with E-state index in [0.717, 1.165) is 0 Å². The van der Waals surface area contributed by atoms with Gasteiger partial charge in [0, 0.05) is 4.11 Å². The van der Waals surface area contributed by atoms with Gasteiger partial charge >= 0.3 is 5.97 Å². The van der Waals surface area contributed by atoms with Crippen molar-refractivity contribution in [3.63, 3.8) is 0 Å². The van der Waals surface area contributed by atoms with E-state index in [1.807, 2.05) is 0 Å². The van der Waals surface area contributed by atoms with Crippen molar-refractivity contribution in [2.75, 3.05) is 6.56 Å². The summed E-state index contributed by atoms with van der Waals surface area (Å²) >= 11 is 0. The van der Waals surface area contributed by atoms with Crippen LogP contribution in [0.4, 0.5) is 4.39 Å². The Morgan fingerprint density at radius 3 is 2.81 bits per heavy atom. The number of benzene rings is 1. The monoisotopic (exact) mass is 252 g/mol. The first-order valence-electron chi connectivity index (χ1n) is 6.76. The number of nitrogens with two attached hydrogens (primary N) is 1. The lowest BCUT2D eigenvalue weighted by Crippen LogP contribution is -2.34. The molecule has 0 unspecified atom stereocenters. The number of ether oxygens (including phenoxy) is 1. The van der Waals surface area contributed by atoms with Crippen molar-refractivity contribution in [1.29, 1.82) is 0 Å². The fourth-order valence-corrected chi connectivity index (χ4v) is 1.08. The standard InChI is InChI=1S/C11H14FNO2.ClH/c1-2-15-11(14)10(13)7-8-3-5-9(12)6-4-8;/h3-6,10H,2,7,13H2,1H3;1H/t10-;/m0./s1/i1D3,2D2;. The number of carbonyl (C=O) groups is 1. The second-order valence-corrected chi connectivity index (χ2v) is 2.96. The van der Waals surface area contributed by atoms with E-state index in [4.69, 9.17) is 12.6 Å². The van der Waals surface area contributed by atoms with Crippen LogP contribution in [-0.4, -0.2) is 18.6 Å². The van der Waals surface area contributed by atoms with E-state index in [1.165, 1.54) is 24.3 Å². The molecule has 0 aromatic heterocycles. The van der Waals surface area contributed by atoms with E-state index in [2.05, 4.69) is 4.74 Å². The first kappa shape index (κ1) is 8.03. The summed E-state index contributed by atoms with van der Waals surface area (Å²) in [5.41, 5.74) is 6.07. The largest absolute Gasteiger partial charge is 0.465 e. The number of rotatable bonds is 4. The van der Waals surface area contributed by atoms with Crippen molar-refractivity contribution in [3.8, 4) is 0 Å². The van der Waals surface area contributed by atoms with Gasteiger partial charge < -0.3 is 10.5 Å². The molecule has 16 heavy (non-hydrogen) atoms. The lowest BCUT2D eigenvalue weighted by atomic mass is 10.1. The van der Waals surface area contributed by atoms with Crippen molar-refractivity contribution in [1.82, 2.24) is 0 Å². The molecule has 0 spiro atoms. The van der Waals surface area contributed by atoms with Gasteiger partial charge in [-0.05, 0) is 31.0 Å². The van der Waals surface area contributed by atoms with E-state index < -0.39 is 31.2 Å². The summed E-state index contributed by atoms with van der Waals surface area (Å²) in [5, 5.41) is 0. The molecule has 0 saturated heterocycles. The van der Waals surface area contributed by atoms with E-state index in [9.17, 15) is 9.18 Å². The highest BCUT2D eigenvalue weighted by atomic mass is 35.5. The summed E-state index contributed by atoms with van der Waals surface area (Å²) in [4.78, 5) is 11.6. The van der Waals surface area contributed by atoms with E-state index >= 15 is 0 Å². The molecule has 0 heterocycles. The highest BCUT2D eigenvalue weighted by Crippen LogP contribution is 2.05. The Morgan fingerprint density at radius 1 is 1.62 bits per heavy atom. The van der Waals surface area contributed by atoms with Gasteiger partial charge in [-0.15, -0.1) is 12.4 Å². The lowest BCUT2D eigenvalue weighted by Gasteiger charge is -2.10. The van der Waals surface area contributed by atoms with Gasteiger partial charge in [-0.3, -0.25) is 4.79 Å². The van der Waals surface area contributed by atoms with Gasteiger partial charge in [-0.2, -0.15) is 0 Å². The molecule has 0 aliphatic rings. The van der Waals surface area contributed by atoms with Crippen molar-refractivity contribution in [2.24, 2.45) is 5.73 Å². The van der Waals surface area contributed by atoms with Crippen LogP contribution in [0, 0.1) is 5.82 Å². The highest BCUT2D eigenvalue weighted by molar-refractivity contribution is 5.85. The Hall–Kier alpha value is -1.13. The van der Waals surface area contributed by atoms with Crippen molar-refractivity contribution in [3.05, 3.63) is 35.6 Å². The first-order valence-corrected chi connectivity index (χ1v) is 4.26. The molecule has 0 aliphatic heterocycles. The Bertz CT molecular complexity index is 480. The average molecular weight is 253 g/mol. The fourth-order valence-electron chi connectivity index (χ4n) is 1.08. The van der Waals surface area contributed by atoms with Crippen molar-refractivity contribution >= 4 is 18.4 Å². The topological polar surface area (TPSA) is 52.3 Å². The first-order chi connectivity index (χ1) is 9.03. The molecule has 0 radical (unpaired) electrons. The fraction of sp³-hybridized carbons (Fsp3) is 0.364. The van der Waals surface area contributed by atoms with Gasteiger partial charge in [0.1, 0.15) is 11.9 Å². The van der Waals surface area contributed by atoms with Crippen LogP contribution < -0.4 is 5.73 Å². The molecule has 3 nitrogen and oxygen atoms in total. The minimum Gasteiger partial charge on any atom is -0.465 e. The summed E-state index contributed by atoms with van der Waals surface area (Å²) < 4.78 is 52.1. The number of halogens is 2. The third-order valence-corrected chi connectivity index (χ3v) is 1.82. The van der Waals surface area contributed by atoms with Crippen LogP contribution in [0.25, 0.3) is 0 Å². The maximum atomic E-state index is 12.7. The predicted molar refractivity (Wildman–Crippen MR) is 62.0 cm³/mol. The minimum atomic E-state index is -3.11. The summed E-state index contributed by atoms with van der Waals surface area (Å²) in [6, 6.07) is 3.98. The molecule has 1 aromatic rings. The Balaban J connectivity index is 0.00000400. The molecular formula is C11H15ClFNO2. The minimum absolute atomic E-state index is 0. The maximum absolute atomic E-state index is 12.7. The molecule has 0 saturated carbocycles. The van der Waals surface area contributed by atoms with E-state index in [1.54, 1.807) is 0 Å². The Labute approximate surface area is 107 Å². The molecule has 1 aromatic carbocycles. The summed E-state index contributed by atoms with van der Waals surface area (Å²) in [6.45, 7) is -6.21. The number of hydrogen-bond donors (Lipinski definition) is 1. The third-order valence-electron chi connectivity index (χ3n) is 1.82. The molecule has 0 fully saturated rings. The zero-order valence-corrected chi connectivity index (χ0v) is 9.09. The SMILES string of the molecule is Cl.[2H]C([2H])([2H])C([2H])([2H])OC(=O)[C@@H](N)Cc1ccc(F)cc1. The predicted octanol–water partition coefficient (Wildman–Crippen LogP) is 1.68. The van der Waals surface area contributed by atoms with E-state index in [0.29, 0.717) is 5.56 Å². The summed E-state index contributed by atoms with van der Waals surface area (Å²) in [5.74, 6) is -1.61. The van der Waals surface area contributed by atoms with Crippen LogP contribution in [0.5, 0.6) is 0 Å². The Kier molecular flexibility index (Phi) is 3.61. The molecule has 0 aliphatic carbocycles. The summed E-state index contributed by atoms with van der Waals surface area (Å²) in [7, 11) is 0. The van der Waals surface area contributed by atoms with E-state index in [-0.39, 0.29) is 18.8 Å². The molecule has 0 amide bonds. The average Bonchev–Trinajstić information content (AvgIpc) is 2.30. The molecule has 5 heteroatoms. The molecule has 90 valence electrons. The Morgan fingerprint density at radius 2 is 2.25 bits per heavy atom. The smallest absolute Gasteiger partial charge is 0.323 e. The van der Waals surface area contributed by atoms with Gasteiger partial charge in [-0.25, -0.2) is 4.39 Å².